The van der Waals surface area contributed by atoms with Crippen LogP contribution in [0.25, 0.3) is 0 Å². The molecule has 0 aliphatic rings. The first kappa shape index (κ1) is 13.9. The third-order valence-electron chi connectivity index (χ3n) is 2.41. The van der Waals surface area contributed by atoms with Crippen molar-refractivity contribution in [1.82, 2.24) is 25.5 Å². The Bertz CT molecular complexity index is 640. The number of carbonyl (C=O) groups excluding carboxylic acids is 2. The van der Waals surface area contributed by atoms with Gasteiger partial charge in [-0.2, -0.15) is 5.21 Å². The number of hydrogen-bond acceptors (Lipinski definition) is 5. The van der Waals surface area contributed by atoms with Gasteiger partial charge in [-0.05, 0) is 23.4 Å². The molecule has 104 valence electrons. The lowest BCUT2D eigenvalue weighted by Gasteiger charge is -2.14. The molecule has 2 N–H and O–H groups in total. The first-order valence-corrected chi connectivity index (χ1v) is 5.93. The summed E-state index contributed by atoms with van der Waals surface area (Å²) in [5.74, 6) is -0.980. The Kier molecular flexibility index (Phi) is 3.94. The van der Waals surface area contributed by atoms with E-state index in [4.69, 9.17) is 11.6 Å². The molecule has 0 saturated carbocycles. The summed E-state index contributed by atoms with van der Waals surface area (Å²) in [6.45, 7) is 0. The van der Waals surface area contributed by atoms with E-state index in [9.17, 15) is 9.59 Å². The molecule has 1 aromatic heterocycles. The molecule has 0 aliphatic carbocycles. The molecular formula is C11H11ClN6O2. The lowest BCUT2D eigenvalue weighted by Crippen LogP contribution is -2.24. The third-order valence-corrected chi connectivity index (χ3v) is 2.65. The summed E-state index contributed by atoms with van der Waals surface area (Å²) >= 11 is 5.88. The van der Waals surface area contributed by atoms with Gasteiger partial charge in [0.1, 0.15) is 0 Å². The molecule has 1 aromatic carbocycles. The maximum atomic E-state index is 12.0. The number of benzene rings is 1. The second-order valence-electron chi connectivity index (χ2n) is 4.08. The highest BCUT2D eigenvalue weighted by Gasteiger charge is 2.18. The molecule has 20 heavy (non-hydrogen) atoms. The molecule has 0 aliphatic heterocycles. The molecular weight excluding hydrogens is 284 g/mol. The highest BCUT2D eigenvalue weighted by atomic mass is 35.5. The van der Waals surface area contributed by atoms with Crippen LogP contribution in [-0.2, 0) is 0 Å². The van der Waals surface area contributed by atoms with Crippen LogP contribution in [0.4, 0.5) is 5.69 Å². The standard InChI is InChI=1S/C11H11ClN6O2/c1-18(2)11(20)7-4-3-6(12)5-8(7)13-10(19)9-14-16-17-15-9/h3-5H,1-2H3,(H,13,19)(H,14,15,16,17). The van der Waals surface area contributed by atoms with Crippen molar-refractivity contribution in [2.75, 3.05) is 19.4 Å². The van der Waals surface area contributed by atoms with Crippen molar-refractivity contribution in [3.8, 4) is 0 Å². The summed E-state index contributed by atoms with van der Waals surface area (Å²) in [4.78, 5) is 25.3. The Labute approximate surface area is 119 Å². The summed E-state index contributed by atoms with van der Waals surface area (Å²) in [7, 11) is 3.23. The number of rotatable bonds is 3. The molecule has 0 spiro atoms. The second-order valence-corrected chi connectivity index (χ2v) is 4.52. The minimum atomic E-state index is -0.589. The number of amides is 2. The van der Waals surface area contributed by atoms with Gasteiger partial charge in [0.05, 0.1) is 11.3 Å². The van der Waals surface area contributed by atoms with Crippen LogP contribution in [0.1, 0.15) is 21.0 Å². The minimum absolute atomic E-state index is 0.131. The van der Waals surface area contributed by atoms with Gasteiger partial charge in [-0.3, -0.25) is 9.59 Å². The van der Waals surface area contributed by atoms with Crippen LogP contribution >= 0.6 is 11.6 Å². The molecule has 1 heterocycles. The summed E-state index contributed by atoms with van der Waals surface area (Å²) < 4.78 is 0. The monoisotopic (exact) mass is 294 g/mol. The van der Waals surface area contributed by atoms with E-state index in [1.807, 2.05) is 0 Å². The van der Waals surface area contributed by atoms with Crippen LogP contribution in [0, 0.1) is 0 Å². The molecule has 8 nitrogen and oxygen atoms in total. The largest absolute Gasteiger partial charge is 0.345 e. The van der Waals surface area contributed by atoms with Crippen molar-refractivity contribution in [3.63, 3.8) is 0 Å². The third kappa shape index (κ3) is 2.91. The molecule has 2 rings (SSSR count). The topological polar surface area (TPSA) is 104 Å². The van der Waals surface area contributed by atoms with Gasteiger partial charge in [0, 0.05) is 19.1 Å². The Morgan fingerprint density at radius 1 is 1.35 bits per heavy atom. The van der Waals surface area contributed by atoms with Crippen LogP contribution < -0.4 is 5.32 Å². The van der Waals surface area contributed by atoms with Crippen LogP contribution in [0.3, 0.4) is 0 Å². The van der Waals surface area contributed by atoms with Gasteiger partial charge in [-0.1, -0.05) is 11.6 Å². The lowest BCUT2D eigenvalue weighted by atomic mass is 10.1. The van der Waals surface area contributed by atoms with Crippen LogP contribution in [0.15, 0.2) is 18.2 Å². The molecule has 0 saturated heterocycles. The fraction of sp³-hybridized carbons (Fsp3) is 0.182. The number of tetrazole rings is 1. The molecule has 2 aromatic rings. The van der Waals surface area contributed by atoms with Crippen LogP contribution in [-0.4, -0.2) is 51.4 Å². The molecule has 0 radical (unpaired) electrons. The van der Waals surface area contributed by atoms with Crippen molar-refractivity contribution in [2.24, 2.45) is 0 Å². The van der Waals surface area contributed by atoms with E-state index < -0.39 is 5.91 Å². The maximum absolute atomic E-state index is 12.0. The predicted octanol–water partition coefficient (Wildman–Crippen LogP) is 0.807. The highest BCUT2D eigenvalue weighted by Crippen LogP contribution is 2.22. The van der Waals surface area contributed by atoms with E-state index in [1.165, 1.54) is 17.0 Å². The van der Waals surface area contributed by atoms with Gasteiger partial charge in [-0.15, -0.1) is 10.2 Å². The molecule has 0 unspecified atom stereocenters. The SMILES string of the molecule is CN(C)C(=O)c1ccc(Cl)cc1NC(=O)c1nn[nH]n1. The van der Waals surface area contributed by atoms with Crippen molar-refractivity contribution in [3.05, 3.63) is 34.6 Å². The average molecular weight is 295 g/mol. The fourth-order valence-corrected chi connectivity index (χ4v) is 1.66. The van der Waals surface area contributed by atoms with Crippen LogP contribution in [0.2, 0.25) is 5.02 Å². The lowest BCUT2D eigenvalue weighted by molar-refractivity contribution is 0.0828. The van der Waals surface area contributed by atoms with Gasteiger partial charge in [-0.25, -0.2) is 0 Å². The zero-order chi connectivity index (χ0) is 14.7. The van der Waals surface area contributed by atoms with Gasteiger partial charge < -0.3 is 10.2 Å². The maximum Gasteiger partial charge on any atom is 0.297 e. The van der Waals surface area contributed by atoms with E-state index in [-0.39, 0.29) is 17.4 Å². The highest BCUT2D eigenvalue weighted by molar-refractivity contribution is 6.31. The van der Waals surface area contributed by atoms with Crippen molar-refractivity contribution in [1.29, 1.82) is 0 Å². The Hall–Kier alpha value is -2.48. The number of carbonyl (C=O) groups is 2. The van der Waals surface area contributed by atoms with Gasteiger partial charge >= 0.3 is 0 Å². The van der Waals surface area contributed by atoms with Crippen molar-refractivity contribution in [2.45, 2.75) is 0 Å². The predicted molar refractivity (Wildman–Crippen MR) is 71.6 cm³/mol. The summed E-state index contributed by atoms with van der Waals surface area (Å²) in [6, 6.07) is 4.59. The zero-order valence-corrected chi connectivity index (χ0v) is 11.5. The van der Waals surface area contributed by atoms with E-state index in [0.29, 0.717) is 10.6 Å². The normalized spacial score (nSPS) is 10.2. The summed E-state index contributed by atoms with van der Waals surface area (Å²) in [5.41, 5.74) is 0.599. The number of hydrogen-bond donors (Lipinski definition) is 2. The van der Waals surface area contributed by atoms with Gasteiger partial charge in [0.25, 0.3) is 17.6 Å². The molecule has 0 fully saturated rings. The Morgan fingerprint density at radius 3 is 2.70 bits per heavy atom. The van der Waals surface area contributed by atoms with Crippen molar-refractivity contribution < 1.29 is 9.59 Å². The Morgan fingerprint density at radius 2 is 2.10 bits per heavy atom. The summed E-state index contributed by atoms with van der Waals surface area (Å²) in [5, 5.41) is 15.5. The van der Waals surface area contributed by atoms with Gasteiger partial charge in [0.15, 0.2) is 0 Å². The quantitative estimate of drug-likeness (QED) is 0.871. The smallest absolute Gasteiger partial charge is 0.297 e. The zero-order valence-electron chi connectivity index (χ0n) is 10.7. The number of nitrogens with zero attached hydrogens (tertiary/aromatic N) is 4. The van der Waals surface area contributed by atoms with E-state index in [2.05, 4.69) is 25.9 Å². The molecule has 9 heteroatoms. The first-order valence-electron chi connectivity index (χ1n) is 5.55. The molecule has 0 atom stereocenters. The molecule has 0 bridgehead atoms. The number of H-pyrrole nitrogens is 1. The number of halogens is 1. The van der Waals surface area contributed by atoms with Crippen molar-refractivity contribution >= 4 is 29.1 Å². The number of anilines is 1. The number of aromatic nitrogens is 4. The fourth-order valence-electron chi connectivity index (χ4n) is 1.48. The minimum Gasteiger partial charge on any atom is -0.345 e. The number of aromatic amines is 1. The second kappa shape index (κ2) is 5.66. The van der Waals surface area contributed by atoms with E-state index in [0.717, 1.165) is 0 Å². The van der Waals surface area contributed by atoms with E-state index >= 15 is 0 Å². The van der Waals surface area contributed by atoms with Gasteiger partial charge in [0.2, 0.25) is 0 Å². The van der Waals surface area contributed by atoms with E-state index in [1.54, 1.807) is 20.2 Å². The molecule has 2 amide bonds. The summed E-state index contributed by atoms with van der Waals surface area (Å²) in [6.07, 6.45) is 0. The van der Waals surface area contributed by atoms with Crippen LogP contribution in [0.5, 0.6) is 0 Å². The average Bonchev–Trinajstić information content (AvgIpc) is 2.92. The first-order chi connectivity index (χ1) is 9.49. The Balaban J connectivity index is 2.33. The number of nitrogens with one attached hydrogen (secondary N) is 2.